The van der Waals surface area contributed by atoms with Crippen LogP contribution >= 0.6 is 0 Å². The Morgan fingerprint density at radius 3 is 2.69 bits per heavy atom. The Balaban J connectivity index is 3.04. The van der Waals surface area contributed by atoms with Gasteiger partial charge in [-0.3, -0.25) is 15.1 Å². The summed E-state index contributed by atoms with van der Waals surface area (Å²) in [5, 5.41) is 10.9. The van der Waals surface area contributed by atoms with E-state index in [1.54, 1.807) is 19.2 Å². The lowest BCUT2D eigenvalue weighted by atomic mass is 9.98. The molecule has 0 amide bonds. The van der Waals surface area contributed by atoms with E-state index in [-0.39, 0.29) is 22.6 Å². The lowest BCUT2D eigenvalue weighted by Gasteiger charge is -2.15. The summed E-state index contributed by atoms with van der Waals surface area (Å²) in [6, 6.07) is 1.54. The molecule has 88 valence electrons. The lowest BCUT2D eigenvalue weighted by molar-refractivity contribution is -0.386. The van der Waals surface area contributed by atoms with Crippen LogP contribution in [-0.2, 0) is 6.42 Å². The Labute approximate surface area is 94.8 Å². The Morgan fingerprint density at radius 1 is 1.56 bits per heavy atom. The number of pyridine rings is 1. The summed E-state index contributed by atoms with van der Waals surface area (Å²) in [6.45, 7) is 5.70. The van der Waals surface area contributed by atoms with E-state index in [9.17, 15) is 10.1 Å². The van der Waals surface area contributed by atoms with Crippen LogP contribution in [0, 0.1) is 23.0 Å². The maximum atomic E-state index is 10.9. The summed E-state index contributed by atoms with van der Waals surface area (Å²) >= 11 is 0. The van der Waals surface area contributed by atoms with E-state index in [1.165, 1.54) is 0 Å². The molecule has 0 saturated heterocycles. The van der Waals surface area contributed by atoms with Gasteiger partial charge in [0.25, 0.3) is 5.69 Å². The van der Waals surface area contributed by atoms with Crippen LogP contribution in [0.1, 0.15) is 25.1 Å². The smallest absolute Gasteiger partial charge is 0.293 e. The molecule has 0 aliphatic carbocycles. The van der Waals surface area contributed by atoms with E-state index in [1.807, 2.05) is 13.8 Å². The molecule has 1 aromatic heterocycles. The van der Waals surface area contributed by atoms with E-state index in [2.05, 4.69) is 4.98 Å². The monoisotopic (exact) mass is 223 g/mol. The molecule has 0 saturated carbocycles. The Morgan fingerprint density at radius 2 is 2.19 bits per heavy atom. The van der Waals surface area contributed by atoms with Gasteiger partial charge in [-0.1, -0.05) is 13.8 Å². The minimum Gasteiger partial charge on any atom is -0.327 e. The number of hydrogen-bond donors (Lipinski definition) is 1. The molecular weight excluding hydrogens is 206 g/mol. The highest BCUT2D eigenvalue weighted by Gasteiger charge is 2.21. The van der Waals surface area contributed by atoms with Crippen LogP contribution in [0.5, 0.6) is 0 Å². The van der Waals surface area contributed by atoms with Crippen LogP contribution in [0.15, 0.2) is 12.3 Å². The quantitative estimate of drug-likeness (QED) is 0.623. The van der Waals surface area contributed by atoms with Crippen molar-refractivity contribution in [2.24, 2.45) is 11.7 Å². The molecule has 0 radical (unpaired) electrons. The summed E-state index contributed by atoms with van der Waals surface area (Å²) in [6.07, 6.45) is 2.03. The fourth-order valence-corrected chi connectivity index (χ4v) is 1.46. The topological polar surface area (TPSA) is 82.0 Å². The van der Waals surface area contributed by atoms with E-state index in [4.69, 9.17) is 5.73 Å². The normalized spacial score (nSPS) is 12.8. The molecule has 0 aromatic carbocycles. The number of nitro groups is 1. The third-order valence-electron chi connectivity index (χ3n) is 2.67. The first-order valence-electron chi connectivity index (χ1n) is 5.28. The van der Waals surface area contributed by atoms with Gasteiger partial charge in [0, 0.05) is 24.2 Å². The SMILES string of the molecule is Cc1ccnc(CC(N)C(C)C)c1[N+](=O)[O-]. The van der Waals surface area contributed by atoms with E-state index < -0.39 is 0 Å². The van der Waals surface area contributed by atoms with Crippen molar-refractivity contribution in [1.29, 1.82) is 0 Å². The molecule has 1 aromatic rings. The summed E-state index contributed by atoms with van der Waals surface area (Å²) in [4.78, 5) is 14.6. The number of nitrogens with two attached hydrogens (primary N) is 1. The van der Waals surface area contributed by atoms with E-state index >= 15 is 0 Å². The summed E-state index contributed by atoms with van der Waals surface area (Å²) in [7, 11) is 0. The predicted octanol–water partition coefficient (Wildman–Crippen LogP) is 1.82. The molecule has 1 rings (SSSR count). The second-order valence-electron chi connectivity index (χ2n) is 4.29. The Hall–Kier alpha value is -1.49. The molecule has 5 nitrogen and oxygen atoms in total. The molecule has 0 aliphatic heterocycles. The zero-order valence-corrected chi connectivity index (χ0v) is 9.80. The van der Waals surface area contributed by atoms with Gasteiger partial charge in [-0.25, -0.2) is 0 Å². The van der Waals surface area contributed by atoms with Crippen molar-refractivity contribution in [2.45, 2.75) is 33.2 Å². The zero-order valence-electron chi connectivity index (χ0n) is 9.80. The largest absolute Gasteiger partial charge is 0.327 e. The first kappa shape index (κ1) is 12.6. The minimum absolute atomic E-state index is 0.0959. The van der Waals surface area contributed by atoms with Crippen molar-refractivity contribution in [1.82, 2.24) is 4.98 Å². The molecule has 0 fully saturated rings. The van der Waals surface area contributed by atoms with Crippen molar-refractivity contribution in [3.8, 4) is 0 Å². The molecular formula is C11H17N3O2. The molecule has 0 aliphatic rings. The van der Waals surface area contributed by atoms with Gasteiger partial charge in [-0.15, -0.1) is 0 Å². The third-order valence-corrected chi connectivity index (χ3v) is 2.67. The molecule has 1 heterocycles. The fourth-order valence-electron chi connectivity index (χ4n) is 1.46. The van der Waals surface area contributed by atoms with Gasteiger partial charge < -0.3 is 5.73 Å². The molecule has 1 unspecified atom stereocenters. The molecule has 2 N–H and O–H groups in total. The molecule has 0 spiro atoms. The van der Waals surface area contributed by atoms with Gasteiger partial charge in [0.2, 0.25) is 0 Å². The number of hydrogen-bond acceptors (Lipinski definition) is 4. The van der Waals surface area contributed by atoms with Crippen LogP contribution in [-0.4, -0.2) is 15.9 Å². The van der Waals surface area contributed by atoms with Crippen molar-refractivity contribution in [3.63, 3.8) is 0 Å². The molecule has 1 atom stereocenters. The Kier molecular flexibility index (Phi) is 3.95. The summed E-state index contributed by atoms with van der Waals surface area (Å²) < 4.78 is 0. The van der Waals surface area contributed by atoms with Gasteiger partial charge in [0.15, 0.2) is 0 Å². The second-order valence-corrected chi connectivity index (χ2v) is 4.29. The number of rotatable bonds is 4. The summed E-state index contributed by atoms with van der Waals surface area (Å²) in [5.74, 6) is 0.280. The predicted molar refractivity (Wildman–Crippen MR) is 62.1 cm³/mol. The van der Waals surface area contributed by atoms with Gasteiger partial charge in [-0.05, 0) is 18.9 Å². The number of nitrogens with zero attached hydrogens (tertiary/aromatic N) is 2. The van der Waals surface area contributed by atoms with Crippen LogP contribution in [0.2, 0.25) is 0 Å². The third kappa shape index (κ3) is 2.76. The molecule has 16 heavy (non-hydrogen) atoms. The second kappa shape index (κ2) is 5.03. The maximum absolute atomic E-state index is 10.9. The highest BCUT2D eigenvalue weighted by atomic mass is 16.6. The molecule has 0 bridgehead atoms. The van der Waals surface area contributed by atoms with Crippen LogP contribution < -0.4 is 5.73 Å². The molecule has 5 heteroatoms. The van der Waals surface area contributed by atoms with Crippen LogP contribution in [0.4, 0.5) is 5.69 Å². The van der Waals surface area contributed by atoms with Gasteiger partial charge in [0.05, 0.1) is 4.92 Å². The Bertz CT molecular complexity index is 391. The fraction of sp³-hybridized carbons (Fsp3) is 0.545. The van der Waals surface area contributed by atoms with Crippen molar-refractivity contribution < 1.29 is 4.92 Å². The highest BCUT2D eigenvalue weighted by Crippen LogP contribution is 2.22. The first-order chi connectivity index (χ1) is 7.43. The van der Waals surface area contributed by atoms with Crippen LogP contribution in [0.3, 0.4) is 0 Å². The van der Waals surface area contributed by atoms with Crippen molar-refractivity contribution in [3.05, 3.63) is 33.6 Å². The average molecular weight is 223 g/mol. The van der Waals surface area contributed by atoms with Crippen LogP contribution in [0.25, 0.3) is 0 Å². The van der Waals surface area contributed by atoms with Gasteiger partial charge in [0.1, 0.15) is 5.69 Å². The first-order valence-corrected chi connectivity index (χ1v) is 5.28. The van der Waals surface area contributed by atoms with E-state index in [0.717, 1.165) is 0 Å². The van der Waals surface area contributed by atoms with Gasteiger partial charge >= 0.3 is 0 Å². The zero-order chi connectivity index (χ0) is 12.3. The van der Waals surface area contributed by atoms with E-state index in [0.29, 0.717) is 17.7 Å². The standard InChI is InChI=1S/C11H17N3O2/c1-7(2)9(12)6-10-11(14(15)16)8(3)4-5-13-10/h4-5,7,9H,6,12H2,1-3H3. The maximum Gasteiger partial charge on any atom is 0.293 e. The number of aryl methyl sites for hydroxylation is 1. The minimum atomic E-state index is -0.384. The average Bonchev–Trinajstić information content (AvgIpc) is 2.16. The lowest BCUT2D eigenvalue weighted by Crippen LogP contribution is -2.29. The van der Waals surface area contributed by atoms with Crippen molar-refractivity contribution >= 4 is 5.69 Å². The van der Waals surface area contributed by atoms with Crippen molar-refractivity contribution in [2.75, 3.05) is 0 Å². The number of aromatic nitrogens is 1. The summed E-state index contributed by atoms with van der Waals surface area (Å²) in [5.41, 5.74) is 7.11. The van der Waals surface area contributed by atoms with Gasteiger partial charge in [-0.2, -0.15) is 0 Å². The highest BCUT2D eigenvalue weighted by molar-refractivity contribution is 5.43.